The predicted octanol–water partition coefficient (Wildman–Crippen LogP) is 3.91. The van der Waals surface area contributed by atoms with Crippen molar-refractivity contribution >= 4 is 34.2 Å². The average molecular weight is 393 g/mol. The Kier molecular flexibility index (Phi) is 6.39. The van der Waals surface area contributed by atoms with Gasteiger partial charge in [-0.05, 0) is 73.1 Å². The monoisotopic (exact) mass is 392 g/mol. The molecule has 0 spiro atoms. The zero-order valence-electron chi connectivity index (χ0n) is 11.5. The second kappa shape index (κ2) is 7.81. The van der Waals surface area contributed by atoms with E-state index < -0.39 is 0 Å². The first-order chi connectivity index (χ1) is 9.15. The summed E-state index contributed by atoms with van der Waals surface area (Å²) in [5.41, 5.74) is 1.26. The number of nitrogens with one attached hydrogen (secondary N) is 1. The van der Waals surface area contributed by atoms with Gasteiger partial charge in [-0.1, -0.05) is 24.1 Å². The molecule has 2 nitrogen and oxygen atoms in total. The molecule has 1 heterocycles. The van der Waals surface area contributed by atoms with Gasteiger partial charge in [0.15, 0.2) is 0 Å². The first kappa shape index (κ1) is 15.5. The maximum Gasteiger partial charge on any atom is 0.0542 e. The highest BCUT2D eigenvalue weighted by atomic mass is 127. The topological polar surface area (TPSA) is 15.3 Å². The van der Waals surface area contributed by atoms with E-state index in [1.165, 1.54) is 37.9 Å². The Hall–Kier alpha value is 0.160. The van der Waals surface area contributed by atoms with Gasteiger partial charge in [0.1, 0.15) is 0 Å². The van der Waals surface area contributed by atoms with Crippen molar-refractivity contribution in [3.8, 4) is 0 Å². The lowest BCUT2D eigenvalue weighted by molar-refractivity contribution is 0.209. The van der Waals surface area contributed by atoms with E-state index in [-0.39, 0.29) is 0 Å². The van der Waals surface area contributed by atoms with Crippen LogP contribution in [0.15, 0.2) is 18.2 Å². The number of halogens is 2. The lowest BCUT2D eigenvalue weighted by Crippen LogP contribution is -2.41. The molecule has 106 valence electrons. The minimum absolute atomic E-state index is 0.524. The predicted molar refractivity (Wildman–Crippen MR) is 90.8 cm³/mol. The van der Waals surface area contributed by atoms with Gasteiger partial charge < -0.3 is 10.2 Å². The lowest BCUT2D eigenvalue weighted by atomic mass is 10.1. The van der Waals surface area contributed by atoms with Gasteiger partial charge >= 0.3 is 0 Å². The van der Waals surface area contributed by atoms with Crippen LogP contribution < -0.4 is 5.32 Å². The van der Waals surface area contributed by atoms with E-state index in [4.69, 9.17) is 11.6 Å². The number of benzene rings is 1. The lowest BCUT2D eigenvalue weighted by Gasteiger charge is -2.29. The summed E-state index contributed by atoms with van der Waals surface area (Å²) < 4.78 is 1.12. The van der Waals surface area contributed by atoms with E-state index in [1.807, 2.05) is 0 Å². The molecule has 1 saturated heterocycles. The normalized spacial score (nSPS) is 18.5. The van der Waals surface area contributed by atoms with Gasteiger partial charge in [0.25, 0.3) is 0 Å². The number of likely N-dealkylation sites (tertiary alicyclic amines) is 1. The van der Waals surface area contributed by atoms with Crippen molar-refractivity contribution in [2.24, 2.45) is 0 Å². The molecule has 1 aromatic carbocycles. The molecule has 1 aromatic rings. The molecule has 1 aliphatic rings. The quantitative estimate of drug-likeness (QED) is 0.764. The third kappa shape index (κ3) is 5.21. The van der Waals surface area contributed by atoms with Crippen LogP contribution in [0.3, 0.4) is 0 Å². The van der Waals surface area contributed by atoms with E-state index in [1.54, 1.807) is 0 Å². The van der Waals surface area contributed by atoms with E-state index in [0.717, 1.165) is 21.7 Å². The number of rotatable bonds is 5. The molecule has 0 saturated carbocycles. The smallest absolute Gasteiger partial charge is 0.0542 e. The summed E-state index contributed by atoms with van der Waals surface area (Å²) in [6.45, 7) is 6.84. The number of hydrogen-bond donors (Lipinski definition) is 1. The van der Waals surface area contributed by atoms with E-state index in [0.29, 0.717) is 6.04 Å². The number of hydrogen-bond acceptors (Lipinski definition) is 2. The minimum atomic E-state index is 0.524. The van der Waals surface area contributed by atoms with Crippen LogP contribution in [0.5, 0.6) is 0 Å². The molecule has 0 amide bonds. The van der Waals surface area contributed by atoms with Crippen LogP contribution in [0.2, 0.25) is 5.02 Å². The molecule has 0 radical (unpaired) electrons. The van der Waals surface area contributed by atoms with Crippen molar-refractivity contribution in [3.63, 3.8) is 0 Å². The van der Waals surface area contributed by atoms with Crippen LogP contribution in [0, 0.1) is 3.57 Å². The third-order valence-electron chi connectivity index (χ3n) is 3.62. The fourth-order valence-corrected chi connectivity index (χ4v) is 3.07. The fourth-order valence-electron chi connectivity index (χ4n) is 2.54. The first-order valence-electron chi connectivity index (χ1n) is 7.05. The Morgan fingerprint density at radius 3 is 2.74 bits per heavy atom. The summed E-state index contributed by atoms with van der Waals surface area (Å²) in [7, 11) is 0. The van der Waals surface area contributed by atoms with Crippen LogP contribution in [0.1, 0.15) is 31.7 Å². The van der Waals surface area contributed by atoms with Gasteiger partial charge in [-0.2, -0.15) is 0 Å². The SMILES string of the molecule is CC(CN1CCCCC1)NCc1ccc(I)c(Cl)c1. The van der Waals surface area contributed by atoms with Gasteiger partial charge in [0.05, 0.1) is 5.02 Å². The Bertz CT molecular complexity index is 405. The van der Waals surface area contributed by atoms with Gasteiger partial charge in [-0.25, -0.2) is 0 Å². The van der Waals surface area contributed by atoms with Gasteiger partial charge in [0.2, 0.25) is 0 Å². The second-order valence-corrected chi connectivity index (χ2v) is 6.96. The van der Waals surface area contributed by atoms with Gasteiger partial charge in [-0.15, -0.1) is 0 Å². The van der Waals surface area contributed by atoms with Crippen LogP contribution in [0.4, 0.5) is 0 Å². The van der Waals surface area contributed by atoms with Crippen LogP contribution in [-0.4, -0.2) is 30.6 Å². The molecule has 2 rings (SSSR count). The summed E-state index contributed by atoms with van der Waals surface area (Å²) >= 11 is 8.40. The minimum Gasteiger partial charge on any atom is -0.309 e. The van der Waals surface area contributed by atoms with Crippen molar-refractivity contribution in [1.29, 1.82) is 0 Å². The highest BCUT2D eigenvalue weighted by Crippen LogP contribution is 2.19. The second-order valence-electron chi connectivity index (χ2n) is 5.39. The molecule has 0 aliphatic carbocycles. The van der Waals surface area contributed by atoms with Crippen molar-refractivity contribution < 1.29 is 0 Å². The summed E-state index contributed by atoms with van der Waals surface area (Å²) in [5, 5.41) is 4.44. The van der Waals surface area contributed by atoms with Crippen molar-refractivity contribution in [1.82, 2.24) is 10.2 Å². The maximum absolute atomic E-state index is 6.14. The first-order valence-corrected chi connectivity index (χ1v) is 8.50. The van der Waals surface area contributed by atoms with Crippen molar-refractivity contribution in [2.45, 2.75) is 38.8 Å². The molecular weight excluding hydrogens is 371 g/mol. The van der Waals surface area contributed by atoms with E-state index in [2.05, 4.69) is 57.9 Å². The maximum atomic E-state index is 6.14. The van der Waals surface area contributed by atoms with E-state index >= 15 is 0 Å². The zero-order chi connectivity index (χ0) is 13.7. The Balaban J connectivity index is 1.75. The highest BCUT2D eigenvalue weighted by molar-refractivity contribution is 14.1. The molecule has 1 atom stereocenters. The van der Waals surface area contributed by atoms with Crippen molar-refractivity contribution in [2.75, 3.05) is 19.6 Å². The summed E-state index contributed by atoms with van der Waals surface area (Å²) in [6, 6.07) is 6.81. The summed E-state index contributed by atoms with van der Waals surface area (Å²) in [5.74, 6) is 0. The van der Waals surface area contributed by atoms with Crippen LogP contribution in [-0.2, 0) is 6.54 Å². The molecule has 1 N–H and O–H groups in total. The molecule has 0 bridgehead atoms. The molecule has 1 aliphatic heterocycles. The van der Waals surface area contributed by atoms with Crippen LogP contribution in [0.25, 0.3) is 0 Å². The molecular formula is C15H22ClIN2. The Morgan fingerprint density at radius 2 is 2.05 bits per heavy atom. The van der Waals surface area contributed by atoms with Crippen LogP contribution >= 0.6 is 34.2 Å². The Morgan fingerprint density at radius 1 is 1.32 bits per heavy atom. The third-order valence-corrected chi connectivity index (χ3v) is 5.19. The highest BCUT2D eigenvalue weighted by Gasteiger charge is 2.13. The van der Waals surface area contributed by atoms with Gasteiger partial charge in [0, 0.05) is 22.7 Å². The average Bonchev–Trinajstić information content (AvgIpc) is 2.41. The summed E-state index contributed by atoms with van der Waals surface area (Å²) in [4.78, 5) is 2.57. The standard InChI is InChI=1S/C15H22ClIN2/c1-12(11-19-7-3-2-4-8-19)18-10-13-5-6-15(17)14(16)9-13/h5-6,9,12,18H,2-4,7-8,10-11H2,1H3. The fraction of sp³-hybridized carbons (Fsp3) is 0.600. The molecule has 1 fully saturated rings. The molecule has 19 heavy (non-hydrogen) atoms. The van der Waals surface area contributed by atoms with Crippen molar-refractivity contribution in [3.05, 3.63) is 32.4 Å². The molecule has 4 heteroatoms. The number of piperidine rings is 1. The van der Waals surface area contributed by atoms with Gasteiger partial charge in [-0.3, -0.25) is 0 Å². The number of nitrogens with zero attached hydrogens (tertiary/aromatic N) is 1. The Labute approximate surface area is 135 Å². The summed E-state index contributed by atoms with van der Waals surface area (Å²) in [6.07, 6.45) is 4.12. The van der Waals surface area contributed by atoms with E-state index in [9.17, 15) is 0 Å². The zero-order valence-corrected chi connectivity index (χ0v) is 14.4. The largest absolute Gasteiger partial charge is 0.309 e. The molecule has 1 unspecified atom stereocenters. The molecule has 0 aromatic heterocycles.